The van der Waals surface area contributed by atoms with E-state index < -0.39 is 84.4 Å². The molecule has 7 N–H and O–H groups in total. The standard InChI is InChI=1S/C67H75ClN6O13/c1-45-34-54(75)35-46(2)55(45)37-53(64(80)72-57(59(76)38-52(63(69)79)36-47-20-7-3-8-21-47)30-17-18-32-71-65(81)87-44-51-28-15-16-29-56(51)68)39-60(77)58(73-66(82)85-42-49-24-11-5-12-25-49)31-19-33-70-61(40-62(78)84-41-48-22-9-4-10-23-48)74-67(83)86-43-50-26-13-6-14-27-50/h3-16,20-29,34-35,52-53,57-58,75H,17-19,30-33,36-44H2,1-2H3,(H2,69,79)(H,71,81)(H,72,80)(H,73,82)(H,70,74,83)/t52-,53-,57+,58-/m1/s1. The molecule has 19 nitrogen and oxygen atoms in total. The fraction of sp³-hybridized carbons (Fsp3) is 0.328. The van der Waals surface area contributed by atoms with Crippen molar-refractivity contribution in [3.8, 4) is 5.75 Å². The maximum atomic E-state index is 15.0. The molecule has 0 aliphatic heterocycles. The lowest BCUT2D eigenvalue weighted by Crippen LogP contribution is -2.47. The summed E-state index contributed by atoms with van der Waals surface area (Å²) in [6.07, 6.45) is -2.83. The second-order valence-electron chi connectivity index (χ2n) is 21.0. The number of halogens is 1. The number of aryl methyl sites for hydroxylation is 2. The largest absolute Gasteiger partial charge is 0.508 e. The number of Topliss-reactive ketones (excluding diaryl/α,β-unsaturated/α-hetero) is 2. The third-order valence-electron chi connectivity index (χ3n) is 14.2. The molecule has 0 spiro atoms. The number of nitrogens with two attached hydrogens (primary N) is 1. The number of amides is 5. The number of hydrogen-bond acceptors (Lipinski definition) is 14. The molecule has 4 atom stereocenters. The van der Waals surface area contributed by atoms with Gasteiger partial charge in [-0.05, 0) is 116 Å². The molecule has 0 aliphatic carbocycles. The molecule has 0 saturated heterocycles. The number of benzene rings is 6. The number of nitrogens with one attached hydrogen (secondary N) is 4. The van der Waals surface area contributed by atoms with Crippen LogP contribution < -0.4 is 27.0 Å². The number of ether oxygens (including phenoxy) is 4. The number of carbonyl (C=O) groups excluding carboxylic acids is 8. The van der Waals surface area contributed by atoms with Crippen LogP contribution in [0.15, 0.2) is 163 Å². The summed E-state index contributed by atoms with van der Waals surface area (Å²) in [5.41, 5.74) is 11.3. The van der Waals surface area contributed by atoms with Crippen molar-refractivity contribution in [3.63, 3.8) is 0 Å². The van der Waals surface area contributed by atoms with Gasteiger partial charge < -0.3 is 45.7 Å². The fourth-order valence-corrected chi connectivity index (χ4v) is 9.68. The molecule has 0 heterocycles. The van der Waals surface area contributed by atoms with Gasteiger partial charge in [0.1, 0.15) is 44.4 Å². The summed E-state index contributed by atoms with van der Waals surface area (Å²) in [4.78, 5) is 114. The number of alkyl carbamates (subject to hydrolysis) is 3. The zero-order chi connectivity index (χ0) is 62.3. The lowest BCUT2D eigenvalue weighted by Gasteiger charge is -2.26. The van der Waals surface area contributed by atoms with Crippen LogP contribution in [0.25, 0.3) is 0 Å². The first kappa shape index (κ1) is 66.8. The average molecular weight is 1210 g/mol. The van der Waals surface area contributed by atoms with Gasteiger partial charge in [0.15, 0.2) is 11.6 Å². The second kappa shape index (κ2) is 35.8. The van der Waals surface area contributed by atoms with Gasteiger partial charge in [-0.2, -0.15) is 0 Å². The van der Waals surface area contributed by atoms with Crippen LogP contribution in [-0.2, 0) is 82.2 Å². The van der Waals surface area contributed by atoms with E-state index in [4.69, 9.17) is 36.3 Å². The summed E-state index contributed by atoms with van der Waals surface area (Å²) in [7, 11) is 0. The lowest BCUT2D eigenvalue weighted by molar-refractivity contribution is -0.143. The van der Waals surface area contributed by atoms with Crippen molar-refractivity contribution in [1.29, 1.82) is 0 Å². The Labute approximate surface area is 511 Å². The minimum atomic E-state index is -1.28. The van der Waals surface area contributed by atoms with Crippen LogP contribution in [0.4, 0.5) is 14.4 Å². The van der Waals surface area contributed by atoms with Crippen LogP contribution in [0.3, 0.4) is 0 Å². The number of primary amides is 1. The van der Waals surface area contributed by atoms with Crippen LogP contribution in [0, 0.1) is 25.7 Å². The molecule has 0 aliphatic rings. The zero-order valence-corrected chi connectivity index (χ0v) is 49.6. The lowest BCUT2D eigenvalue weighted by atomic mass is 9.86. The smallest absolute Gasteiger partial charge is 0.412 e. The molecule has 6 aromatic carbocycles. The van der Waals surface area contributed by atoms with E-state index in [0.29, 0.717) is 45.7 Å². The normalized spacial score (nSPS) is 12.5. The summed E-state index contributed by atoms with van der Waals surface area (Å²) in [5, 5.41) is 21.8. The molecule has 0 unspecified atom stereocenters. The molecule has 6 rings (SSSR count). The van der Waals surface area contributed by atoms with Gasteiger partial charge in [-0.25, -0.2) is 14.4 Å². The van der Waals surface area contributed by atoms with E-state index in [1.807, 2.05) is 36.4 Å². The number of nitrogens with zero attached hydrogens (tertiary/aromatic N) is 1. The van der Waals surface area contributed by atoms with Crippen LogP contribution in [0.1, 0.15) is 95.9 Å². The number of aromatic hydroxyl groups is 1. The minimum absolute atomic E-state index is 0.00760. The van der Waals surface area contributed by atoms with Crippen molar-refractivity contribution in [2.75, 3.05) is 13.1 Å². The number of ketones is 2. The average Bonchev–Trinajstić information content (AvgIpc) is 2.91. The van der Waals surface area contributed by atoms with Crippen molar-refractivity contribution >= 4 is 65.1 Å². The Morgan fingerprint density at radius 3 is 1.62 bits per heavy atom. The van der Waals surface area contributed by atoms with Crippen LogP contribution >= 0.6 is 11.6 Å². The maximum Gasteiger partial charge on any atom is 0.412 e. The quantitative estimate of drug-likeness (QED) is 0.00736. The summed E-state index contributed by atoms with van der Waals surface area (Å²) in [5.74, 6) is -5.34. The van der Waals surface area contributed by atoms with E-state index in [1.54, 1.807) is 123 Å². The number of unbranched alkanes of at least 4 members (excludes halogenated alkanes) is 1. The van der Waals surface area contributed by atoms with E-state index >= 15 is 4.79 Å². The summed E-state index contributed by atoms with van der Waals surface area (Å²) < 4.78 is 21.8. The topological polar surface area (TPSA) is 280 Å². The third kappa shape index (κ3) is 24.3. The van der Waals surface area contributed by atoms with Crippen LogP contribution in [0.5, 0.6) is 5.75 Å². The Morgan fingerprint density at radius 2 is 1.05 bits per heavy atom. The van der Waals surface area contributed by atoms with Crippen LogP contribution in [-0.4, -0.2) is 83.7 Å². The van der Waals surface area contributed by atoms with Crippen molar-refractivity contribution < 1.29 is 62.4 Å². The predicted molar refractivity (Wildman–Crippen MR) is 328 cm³/mol. The van der Waals surface area contributed by atoms with E-state index in [1.165, 1.54) is 12.1 Å². The van der Waals surface area contributed by atoms with Crippen molar-refractivity contribution in [2.45, 2.75) is 117 Å². The van der Waals surface area contributed by atoms with Gasteiger partial charge in [0.05, 0.1) is 12.1 Å². The van der Waals surface area contributed by atoms with Gasteiger partial charge in [0.25, 0.3) is 0 Å². The first-order valence-corrected chi connectivity index (χ1v) is 29.2. The van der Waals surface area contributed by atoms with Gasteiger partial charge >= 0.3 is 24.2 Å². The summed E-state index contributed by atoms with van der Waals surface area (Å²) in [6.45, 7) is 3.31. The highest BCUT2D eigenvalue weighted by Crippen LogP contribution is 2.27. The molecule has 0 bridgehead atoms. The number of phenolic OH excluding ortho intramolecular Hbond substituents is 1. The molecule has 0 saturated carbocycles. The van der Waals surface area contributed by atoms with E-state index in [2.05, 4.69) is 26.3 Å². The van der Waals surface area contributed by atoms with Gasteiger partial charge in [-0.1, -0.05) is 151 Å². The number of aliphatic imine (C=N–C) groups is 1. The third-order valence-corrected chi connectivity index (χ3v) is 14.6. The number of rotatable bonds is 33. The van der Waals surface area contributed by atoms with Crippen molar-refractivity contribution in [3.05, 3.63) is 207 Å². The van der Waals surface area contributed by atoms with E-state index in [0.717, 1.165) is 16.7 Å². The molecular weight excluding hydrogens is 1130 g/mol. The number of esters is 1. The number of amidine groups is 1. The molecular formula is C67H75ClN6O13. The summed E-state index contributed by atoms with van der Waals surface area (Å²) >= 11 is 6.22. The van der Waals surface area contributed by atoms with Crippen LogP contribution in [0.2, 0.25) is 5.02 Å². The molecule has 0 radical (unpaired) electrons. The zero-order valence-electron chi connectivity index (χ0n) is 48.9. The highest BCUT2D eigenvalue weighted by molar-refractivity contribution is 6.31. The number of hydrogen-bond donors (Lipinski definition) is 6. The minimum Gasteiger partial charge on any atom is -0.508 e. The number of phenols is 1. The first-order valence-electron chi connectivity index (χ1n) is 28.8. The molecule has 458 valence electrons. The Bertz CT molecular complexity index is 3180. The molecule has 87 heavy (non-hydrogen) atoms. The van der Waals surface area contributed by atoms with E-state index in [-0.39, 0.29) is 89.6 Å². The van der Waals surface area contributed by atoms with Gasteiger partial charge in [-0.3, -0.25) is 34.3 Å². The van der Waals surface area contributed by atoms with Gasteiger partial charge in [-0.15, -0.1) is 0 Å². The molecule has 5 amide bonds. The van der Waals surface area contributed by atoms with Crippen molar-refractivity contribution in [2.24, 2.45) is 22.6 Å². The molecule has 0 aromatic heterocycles. The Hall–Kier alpha value is -9.36. The van der Waals surface area contributed by atoms with E-state index in [9.17, 15) is 38.7 Å². The van der Waals surface area contributed by atoms with Gasteiger partial charge in [0, 0.05) is 48.4 Å². The second-order valence-corrected chi connectivity index (χ2v) is 21.4. The highest BCUT2D eigenvalue weighted by atomic mass is 35.5. The first-order chi connectivity index (χ1) is 42.0. The summed E-state index contributed by atoms with van der Waals surface area (Å²) in [6, 6.07) is 43.5. The predicted octanol–water partition coefficient (Wildman–Crippen LogP) is 10.2. The van der Waals surface area contributed by atoms with Gasteiger partial charge in [0.2, 0.25) is 11.8 Å². The Morgan fingerprint density at radius 1 is 0.552 bits per heavy atom. The molecule has 20 heteroatoms. The Kier molecular flexibility index (Phi) is 27.5. The maximum absolute atomic E-state index is 15.0. The molecule has 6 aromatic rings. The molecule has 0 fully saturated rings. The monoisotopic (exact) mass is 1210 g/mol. The Balaban J connectivity index is 1.23. The number of carbonyl (C=O) groups is 8. The van der Waals surface area contributed by atoms with Crippen molar-refractivity contribution in [1.82, 2.24) is 21.3 Å². The SMILES string of the molecule is Cc1cc(O)cc(C)c1C[C@H](CC(=O)[C@@H](CCCN=C(CC(=O)OCc1ccccc1)NC(=O)OCc1ccccc1)NC(=O)OCc1ccccc1)C(=O)N[C@@H](CCCCNC(=O)OCc1ccccc1Cl)C(=O)C[C@@H](Cc1ccccc1)C(N)=O. The highest BCUT2D eigenvalue weighted by Gasteiger charge is 2.33. The fourth-order valence-electron chi connectivity index (χ4n) is 9.49.